The van der Waals surface area contributed by atoms with Gasteiger partial charge < -0.3 is 4.79 Å². The minimum absolute atomic E-state index is 0.114. The lowest BCUT2D eigenvalue weighted by Gasteiger charge is -2.08. The largest absolute Gasteiger partial charge is 0.303 e. The van der Waals surface area contributed by atoms with Crippen LogP contribution >= 0.6 is 12.3 Å². The lowest BCUT2D eigenvalue weighted by Crippen LogP contribution is -2.17. The van der Waals surface area contributed by atoms with Crippen LogP contribution in [-0.4, -0.2) is 23.5 Å². The van der Waals surface area contributed by atoms with E-state index in [1.54, 1.807) is 0 Å². The predicted molar refractivity (Wildman–Crippen MR) is 41.4 cm³/mol. The summed E-state index contributed by atoms with van der Waals surface area (Å²) < 4.78 is 12.6. The predicted octanol–water partition coefficient (Wildman–Crippen LogP) is 1.35. The van der Waals surface area contributed by atoms with Gasteiger partial charge in [-0.2, -0.15) is 0 Å². The van der Waals surface area contributed by atoms with E-state index in [0.717, 1.165) is 10.6 Å². The van der Waals surface area contributed by atoms with E-state index in [4.69, 9.17) is 0 Å². The second kappa shape index (κ2) is 6.15. The second-order valence-electron chi connectivity index (χ2n) is 2.02. The highest BCUT2D eigenvalue weighted by Gasteiger charge is 2.07. The molecule has 3 nitrogen and oxygen atoms in total. The van der Waals surface area contributed by atoms with Crippen LogP contribution in [0.5, 0.6) is 0 Å². The van der Waals surface area contributed by atoms with Gasteiger partial charge in [0, 0.05) is 19.9 Å². The molecule has 0 spiro atoms. The number of rotatable bonds is 5. The molecule has 0 atom stereocenters. The Morgan fingerprint density at radius 2 is 2.36 bits per heavy atom. The van der Waals surface area contributed by atoms with Crippen molar-refractivity contribution in [1.82, 2.24) is 4.31 Å². The fourth-order valence-corrected chi connectivity index (χ4v) is 0.701. The topological polar surface area (TPSA) is 37.4 Å². The molecule has 0 aromatic heterocycles. The van der Waals surface area contributed by atoms with Crippen LogP contribution in [0.3, 0.4) is 0 Å². The Balaban J connectivity index is 3.43. The summed E-state index contributed by atoms with van der Waals surface area (Å²) in [6, 6.07) is 0. The molecule has 0 bridgehead atoms. The Bertz CT molecular complexity index is 143. The molecule has 0 aliphatic rings. The molecule has 0 rings (SSSR count). The fraction of sp³-hybridized carbons (Fsp3) is 0.667. The maximum atomic E-state index is 11.7. The minimum atomic E-state index is -0.292. The van der Waals surface area contributed by atoms with E-state index < -0.39 is 0 Å². The van der Waals surface area contributed by atoms with Gasteiger partial charge in [-0.05, 0) is 6.42 Å². The number of nitrogens with zero attached hydrogens (tertiary/aromatic N) is 1. The van der Waals surface area contributed by atoms with Crippen LogP contribution in [0.4, 0.5) is 3.89 Å². The van der Waals surface area contributed by atoms with Crippen molar-refractivity contribution in [3.63, 3.8) is 0 Å². The first-order valence-corrected chi connectivity index (χ1v) is 3.88. The lowest BCUT2D eigenvalue weighted by molar-refractivity contribution is -0.125. The lowest BCUT2D eigenvalue weighted by atomic mass is 10.2. The molecular formula is C6H10FNO2S. The van der Waals surface area contributed by atoms with Crippen LogP contribution in [0, 0.1) is 0 Å². The molecule has 5 heteroatoms. The minimum Gasteiger partial charge on any atom is -0.303 e. The maximum absolute atomic E-state index is 11.7. The molecule has 0 aliphatic heterocycles. The van der Waals surface area contributed by atoms with Gasteiger partial charge in [-0.1, -0.05) is 0 Å². The fourth-order valence-electron chi connectivity index (χ4n) is 0.533. The van der Waals surface area contributed by atoms with Gasteiger partial charge in [0.1, 0.15) is 6.29 Å². The average Bonchev–Trinajstić information content (AvgIpc) is 2.03. The zero-order valence-corrected chi connectivity index (χ0v) is 7.07. The SMILES string of the molecule is CN(SF)C(=O)CCCC=O. The van der Waals surface area contributed by atoms with Gasteiger partial charge in [0.15, 0.2) is 12.3 Å². The number of aldehydes is 1. The van der Waals surface area contributed by atoms with E-state index in [0.29, 0.717) is 12.8 Å². The van der Waals surface area contributed by atoms with Crippen LogP contribution in [-0.2, 0) is 9.59 Å². The van der Waals surface area contributed by atoms with Gasteiger partial charge >= 0.3 is 0 Å². The third kappa shape index (κ3) is 4.78. The van der Waals surface area contributed by atoms with Crippen molar-refractivity contribution in [1.29, 1.82) is 0 Å². The quantitative estimate of drug-likeness (QED) is 0.363. The number of amides is 1. The summed E-state index contributed by atoms with van der Waals surface area (Å²) >= 11 is -0.114. The molecule has 0 saturated heterocycles. The molecule has 0 aliphatic carbocycles. The summed E-state index contributed by atoms with van der Waals surface area (Å²) in [4.78, 5) is 20.6. The highest BCUT2D eigenvalue weighted by molar-refractivity contribution is 7.92. The first-order chi connectivity index (χ1) is 5.22. The molecule has 0 heterocycles. The number of carbonyl (C=O) groups excluding carboxylic acids is 2. The molecule has 0 aromatic carbocycles. The van der Waals surface area contributed by atoms with Crippen molar-refractivity contribution >= 4 is 24.5 Å². The summed E-state index contributed by atoms with van der Waals surface area (Å²) in [5.74, 6) is -0.292. The van der Waals surface area contributed by atoms with Gasteiger partial charge in [-0.15, -0.1) is 3.89 Å². The molecule has 0 radical (unpaired) electrons. The van der Waals surface area contributed by atoms with Gasteiger partial charge in [0.2, 0.25) is 5.91 Å². The van der Waals surface area contributed by atoms with Crippen molar-refractivity contribution in [2.45, 2.75) is 19.3 Å². The van der Waals surface area contributed by atoms with Crippen LogP contribution < -0.4 is 0 Å². The Kier molecular flexibility index (Phi) is 5.83. The van der Waals surface area contributed by atoms with Gasteiger partial charge in [0.25, 0.3) is 0 Å². The number of carbonyl (C=O) groups is 2. The molecule has 0 unspecified atom stereocenters. The van der Waals surface area contributed by atoms with E-state index >= 15 is 0 Å². The van der Waals surface area contributed by atoms with Crippen molar-refractivity contribution < 1.29 is 13.5 Å². The van der Waals surface area contributed by atoms with E-state index in [1.165, 1.54) is 7.05 Å². The van der Waals surface area contributed by atoms with Crippen molar-refractivity contribution in [2.75, 3.05) is 7.05 Å². The van der Waals surface area contributed by atoms with Crippen LogP contribution in [0.25, 0.3) is 0 Å². The number of halogens is 1. The van der Waals surface area contributed by atoms with Crippen molar-refractivity contribution in [3.05, 3.63) is 0 Å². The zero-order valence-electron chi connectivity index (χ0n) is 6.25. The van der Waals surface area contributed by atoms with Crippen LogP contribution in [0.1, 0.15) is 19.3 Å². The van der Waals surface area contributed by atoms with E-state index in [9.17, 15) is 13.5 Å². The Hall–Kier alpha value is -0.580. The third-order valence-electron chi connectivity index (χ3n) is 1.17. The summed E-state index contributed by atoms with van der Waals surface area (Å²) in [5, 5.41) is 0. The number of hydrogen-bond donors (Lipinski definition) is 0. The molecule has 11 heavy (non-hydrogen) atoms. The van der Waals surface area contributed by atoms with Gasteiger partial charge in [0.05, 0.1) is 0 Å². The standard InChI is InChI=1S/C6H10FNO2S/c1-8(11-7)6(10)4-2-3-5-9/h5H,2-4H2,1H3. The van der Waals surface area contributed by atoms with Crippen molar-refractivity contribution in [3.8, 4) is 0 Å². The maximum Gasteiger partial charge on any atom is 0.234 e. The van der Waals surface area contributed by atoms with E-state index in [1.807, 2.05) is 0 Å². The molecule has 0 aromatic rings. The molecular weight excluding hydrogens is 169 g/mol. The monoisotopic (exact) mass is 179 g/mol. The molecule has 0 fully saturated rings. The normalized spacial score (nSPS) is 9.27. The molecule has 0 saturated carbocycles. The summed E-state index contributed by atoms with van der Waals surface area (Å²) in [7, 11) is 1.36. The highest BCUT2D eigenvalue weighted by atomic mass is 32.2. The van der Waals surface area contributed by atoms with E-state index in [2.05, 4.69) is 0 Å². The summed E-state index contributed by atoms with van der Waals surface area (Å²) in [5.41, 5.74) is 0. The van der Waals surface area contributed by atoms with Crippen LogP contribution in [0.15, 0.2) is 0 Å². The van der Waals surface area contributed by atoms with Gasteiger partial charge in [-0.3, -0.25) is 9.10 Å². The van der Waals surface area contributed by atoms with Crippen LogP contribution in [0.2, 0.25) is 0 Å². The zero-order chi connectivity index (χ0) is 8.69. The molecule has 0 N–H and O–H groups in total. The first-order valence-electron chi connectivity index (χ1n) is 3.21. The Labute approximate surface area is 69.4 Å². The van der Waals surface area contributed by atoms with Gasteiger partial charge in [-0.25, -0.2) is 0 Å². The smallest absolute Gasteiger partial charge is 0.234 e. The third-order valence-corrected chi connectivity index (χ3v) is 1.58. The molecule has 1 amide bonds. The number of hydrogen-bond acceptors (Lipinski definition) is 3. The summed E-state index contributed by atoms with van der Waals surface area (Å²) in [6.07, 6.45) is 1.83. The van der Waals surface area contributed by atoms with Crippen molar-refractivity contribution in [2.24, 2.45) is 0 Å². The Morgan fingerprint density at radius 3 is 2.82 bits per heavy atom. The summed E-state index contributed by atoms with van der Waals surface area (Å²) in [6.45, 7) is 0. The molecule has 64 valence electrons. The Morgan fingerprint density at radius 1 is 1.73 bits per heavy atom. The first kappa shape index (κ1) is 10.4. The van der Waals surface area contributed by atoms with E-state index in [-0.39, 0.29) is 24.7 Å². The second-order valence-corrected chi connectivity index (χ2v) is 2.70. The number of unbranched alkanes of at least 4 members (excludes halogenated alkanes) is 1. The highest BCUT2D eigenvalue weighted by Crippen LogP contribution is 2.09. The average molecular weight is 179 g/mol.